The summed E-state index contributed by atoms with van der Waals surface area (Å²) in [5.74, 6) is -2.29. The molecule has 27 heavy (non-hydrogen) atoms. The number of halogens is 2. The third-order valence-corrected chi connectivity index (χ3v) is 4.74. The van der Waals surface area contributed by atoms with Gasteiger partial charge in [-0.3, -0.25) is 14.5 Å². The van der Waals surface area contributed by atoms with Crippen molar-refractivity contribution in [2.75, 3.05) is 31.5 Å². The SMILES string of the molecule is CC(C(=O)Nc1ccc(F)c(F)c1)N1CCN(C(=O)c2ccccc2)CC1. The van der Waals surface area contributed by atoms with Crippen LogP contribution in [0.1, 0.15) is 17.3 Å². The van der Waals surface area contributed by atoms with E-state index in [1.54, 1.807) is 24.0 Å². The lowest BCUT2D eigenvalue weighted by molar-refractivity contribution is -0.121. The topological polar surface area (TPSA) is 52.7 Å². The Labute approximate surface area is 156 Å². The van der Waals surface area contributed by atoms with E-state index in [1.165, 1.54) is 6.07 Å². The molecule has 1 heterocycles. The normalized spacial score (nSPS) is 16.0. The van der Waals surface area contributed by atoms with E-state index in [0.29, 0.717) is 31.7 Å². The zero-order chi connectivity index (χ0) is 19.4. The van der Waals surface area contributed by atoms with Gasteiger partial charge in [0.05, 0.1) is 6.04 Å². The summed E-state index contributed by atoms with van der Waals surface area (Å²) in [5.41, 5.74) is 0.860. The van der Waals surface area contributed by atoms with Crippen LogP contribution in [0.15, 0.2) is 48.5 Å². The molecule has 2 amide bonds. The second-order valence-electron chi connectivity index (χ2n) is 6.49. The maximum absolute atomic E-state index is 13.3. The first-order chi connectivity index (χ1) is 13.0. The molecule has 0 aromatic heterocycles. The molecule has 1 fully saturated rings. The molecule has 1 unspecified atom stereocenters. The number of anilines is 1. The molecule has 0 aliphatic carbocycles. The zero-order valence-corrected chi connectivity index (χ0v) is 15.0. The van der Waals surface area contributed by atoms with Gasteiger partial charge < -0.3 is 10.2 Å². The van der Waals surface area contributed by atoms with Crippen LogP contribution in [0.2, 0.25) is 0 Å². The van der Waals surface area contributed by atoms with E-state index >= 15 is 0 Å². The summed E-state index contributed by atoms with van der Waals surface area (Å²) in [4.78, 5) is 28.6. The van der Waals surface area contributed by atoms with Gasteiger partial charge in [0.2, 0.25) is 5.91 Å². The number of nitrogens with one attached hydrogen (secondary N) is 1. The van der Waals surface area contributed by atoms with Crippen molar-refractivity contribution >= 4 is 17.5 Å². The number of rotatable bonds is 4. The van der Waals surface area contributed by atoms with Gasteiger partial charge in [0, 0.05) is 43.5 Å². The minimum Gasteiger partial charge on any atom is -0.336 e. The molecule has 1 aliphatic rings. The molecule has 0 bridgehead atoms. The number of hydrogen-bond donors (Lipinski definition) is 1. The largest absolute Gasteiger partial charge is 0.336 e. The molecule has 1 N–H and O–H groups in total. The van der Waals surface area contributed by atoms with Crippen LogP contribution in [0, 0.1) is 11.6 Å². The van der Waals surface area contributed by atoms with Crippen LogP contribution in [0.3, 0.4) is 0 Å². The summed E-state index contributed by atoms with van der Waals surface area (Å²) in [5, 5.41) is 2.60. The Balaban J connectivity index is 1.54. The maximum atomic E-state index is 13.3. The van der Waals surface area contributed by atoms with Crippen molar-refractivity contribution in [3.8, 4) is 0 Å². The van der Waals surface area contributed by atoms with Gasteiger partial charge >= 0.3 is 0 Å². The number of nitrogens with zero attached hydrogens (tertiary/aromatic N) is 2. The highest BCUT2D eigenvalue weighted by molar-refractivity contribution is 5.95. The summed E-state index contributed by atoms with van der Waals surface area (Å²) in [6, 6.07) is 11.9. The van der Waals surface area contributed by atoms with Crippen LogP contribution in [0.4, 0.5) is 14.5 Å². The smallest absolute Gasteiger partial charge is 0.253 e. The van der Waals surface area contributed by atoms with Crippen LogP contribution >= 0.6 is 0 Å². The fourth-order valence-corrected chi connectivity index (χ4v) is 3.06. The first-order valence-corrected chi connectivity index (χ1v) is 8.80. The molecular formula is C20H21F2N3O2. The van der Waals surface area contributed by atoms with Crippen molar-refractivity contribution in [1.82, 2.24) is 9.80 Å². The maximum Gasteiger partial charge on any atom is 0.253 e. The Morgan fingerprint density at radius 1 is 0.963 bits per heavy atom. The van der Waals surface area contributed by atoms with Gasteiger partial charge in [0.1, 0.15) is 0 Å². The molecule has 1 atom stereocenters. The monoisotopic (exact) mass is 373 g/mol. The van der Waals surface area contributed by atoms with Crippen LogP contribution in [0.5, 0.6) is 0 Å². The first-order valence-electron chi connectivity index (χ1n) is 8.80. The van der Waals surface area contributed by atoms with Gasteiger partial charge in [0.25, 0.3) is 5.91 Å². The van der Waals surface area contributed by atoms with Crippen molar-refractivity contribution < 1.29 is 18.4 Å². The van der Waals surface area contributed by atoms with E-state index < -0.39 is 17.7 Å². The summed E-state index contributed by atoms with van der Waals surface area (Å²) < 4.78 is 26.3. The third-order valence-electron chi connectivity index (χ3n) is 4.74. The Bertz CT molecular complexity index is 821. The number of piperazine rings is 1. The van der Waals surface area contributed by atoms with E-state index in [0.717, 1.165) is 12.1 Å². The quantitative estimate of drug-likeness (QED) is 0.897. The first kappa shape index (κ1) is 19.0. The molecule has 0 spiro atoms. The van der Waals surface area contributed by atoms with Gasteiger partial charge in [-0.15, -0.1) is 0 Å². The number of carbonyl (C=O) groups is 2. The van der Waals surface area contributed by atoms with Gasteiger partial charge in [-0.25, -0.2) is 8.78 Å². The highest BCUT2D eigenvalue weighted by Gasteiger charge is 2.28. The molecule has 142 valence electrons. The Kier molecular flexibility index (Phi) is 5.81. The van der Waals surface area contributed by atoms with Crippen LogP contribution in [-0.2, 0) is 4.79 Å². The van der Waals surface area contributed by atoms with Crippen molar-refractivity contribution in [2.45, 2.75) is 13.0 Å². The second-order valence-corrected chi connectivity index (χ2v) is 6.49. The predicted octanol–water partition coefficient (Wildman–Crippen LogP) is 2.75. The standard InChI is InChI=1S/C20H21F2N3O2/c1-14(19(26)23-16-7-8-17(21)18(22)13-16)24-9-11-25(12-10-24)20(27)15-5-3-2-4-6-15/h2-8,13-14H,9-12H2,1H3,(H,23,26). The fourth-order valence-electron chi connectivity index (χ4n) is 3.06. The van der Waals surface area contributed by atoms with Crippen molar-refractivity contribution in [3.63, 3.8) is 0 Å². The molecule has 1 saturated heterocycles. The lowest BCUT2D eigenvalue weighted by Crippen LogP contribution is -2.54. The Morgan fingerprint density at radius 2 is 1.63 bits per heavy atom. The summed E-state index contributed by atoms with van der Waals surface area (Å²) in [6.45, 7) is 3.92. The number of carbonyl (C=O) groups excluding carboxylic acids is 2. The second kappa shape index (κ2) is 8.26. The van der Waals surface area contributed by atoms with E-state index in [9.17, 15) is 18.4 Å². The molecule has 1 aliphatic heterocycles. The molecule has 7 heteroatoms. The number of benzene rings is 2. The summed E-state index contributed by atoms with van der Waals surface area (Å²) >= 11 is 0. The average molecular weight is 373 g/mol. The fraction of sp³-hybridized carbons (Fsp3) is 0.300. The molecule has 3 rings (SSSR count). The highest BCUT2D eigenvalue weighted by Crippen LogP contribution is 2.15. The summed E-state index contributed by atoms with van der Waals surface area (Å²) in [7, 11) is 0. The molecule has 0 radical (unpaired) electrons. The third kappa shape index (κ3) is 4.49. The predicted molar refractivity (Wildman–Crippen MR) is 98.4 cm³/mol. The van der Waals surface area contributed by atoms with Gasteiger partial charge in [-0.1, -0.05) is 18.2 Å². The van der Waals surface area contributed by atoms with Crippen LogP contribution in [-0.4, -0.2) is 53.8 Å². The average Bonchev–Trinajstić information content (AvgIpc) is 2.70. The minimum atomic E-state index is -1.01. The molecular weight excluding hydrogens is 352 g/mol. The summed E-state index contributed by atoms with van der Waals surface area (Å²) in [6.07, 6.45) is 0. The Morgan fingerprint density at radius 3 is 2.26 bits per heavy atom. The lowest BCUT2D eigenvalue weighted by Gasteiger charge is -2.37. The van der Waals surface area contributed by atoms with E-state index in [4.69, 9.17) is 0 Å². The number of amides is 2. The highest BCUT2D eigenvalue weighted by atomic mass is 19.2. The van der Waals surface area contributed by atoms with Crippen molar-refractivity contribution in [1.29, 1.82) is 0 Å². The Hall–Kier alpha value is -2.80. The van der Waals surface area contributed by atoms with Gasteiger partial charge in [0.15, 0.2) is 11.6 Å². The van der Waals surface area contributed by atoms with E-state index in [2.05, 4.69) is 5.32 Å². The molecule has 2 aromatic carbocycles. The lowest BCUT2D eigenvalue weighted by atomic mass is 10.1. The number of hydrogen-bond acceptors (Lipinski definition) is 3. The van der Waals surface area contributed by atoms with Gasteiger partial charge in [-0.2, -0.15) is 0 Å². The molecule has 0 saturated carbocycles. The molecule has 2 aromatic rings. The van der Waals surface area contributed by atoms with Gasteiger partial charge in [-0.05, 0) is 31.2 Å². The minimum absolute atomic E-state index is 0.0193. The van der Waals surface area contributed by atoms with Crippen LogP contribution < -0.4 is 5.32 Å². The van der Waals surface area contributed by atoms with E-state index in [-0.39, 0.29) is 17.5 Å². The van der Waals surface area contributed by atoms with Crippen molar-refractivity contribution in [3.05, 3.63) is 65.7 Å². The van der Waals surface area contributed by atoms with E-state index in [1.807, 2.05) is 23.1 Å². The van der Waals surface area contributed by atoms with Crippen molar-refractivity contribution in [2.24, 2.45) is 0 Å². The molecule has 5 nitrogen and oxygen atoms in total. The zero-order valence-electron chi connectivity index (χ0n) is 15.0. The van der Waals surface area contributed by atoms with Crippen LogP contribution in [0.25, 0.3) is 0 Å².